The maximum atomic E-state index is 11.8. The van der Waals surface area contributed by atoms with Gasteiger partial charge in [-0.2, -0.15) is 5.10 Å². The number of para-hydroxylation sites is 1. The van der Waals surface area contributed by atoms with Crippen molar-refractivity contribution in [2.45, 2.75) is 18.8 Å². The maximum absolute atomic E-state index is 11.8. The molecule has 1 aromatic heterocycles. The normalized spacial score (nSPS) is 14.7. The summed E-state index contributed by atoms with van der Waals surface area (Å²) in [6.45, 7) is 0. The van der Waals surface area contributed by atoms with Gasteiger partial charge in [0, 0.05) is 5.92 Å². The summed E-state index contributed by atoms with van der Waals surface area (Å²) < 4.78 is 1.57. The molecule has 1 aromatic carbocycles. The van der Waals surface area contributed by atoms with E-state index in [-0.39, 0.29) is 0 Å². The van der Waals surface area contributed by atoms with Crippen molar-refractivity contribution in [2.24, 2.45) is 0 Å². The van der Waals surface area contributed by atoms with Crippen LogP contribution in [0.2, 0.25) is 0 Å². The molecule has 3 rings (SSSR count). The molecule has 0 unspecified atom stereocenters. The van der Waals surface area contributed by atoms with Crippen LogP contribution in [0.3, 0.4) is 0 Å². The van der Waals surface area contributed by atoms with E-state index in [1.54, 1.807) is 16.2 Å². The minimum Gasteiger partial charge on any atom is -0.288 e. The Hall–Kier alpha value is -2.40. The van der Waals surface area contributed by atoms with Crippen LogP contribution in [0.5, 0.6) is 0 Å². The highest BCUT2D eigenvalue weighted by atomic mass is 16.5. The van der Waals surface area contributed by atoms with Gasteiger partial charge in [0.15, 0.2) is 0 Å². The molecule has 0 atom stereocenters. The molecule has 2 N–H and O–H groups in total. The highest BCUT2D eigenvalue weighted by Gasteiger charge is 2.21. The summed E-state index contributed by atoms with van der Waals surface area (Å²) in [7, 11) is 0. The molecule has 0 spiro atoms. The lowest BCUT2D eigenvalue weighted by molar-refractivity contribution is 0.0697. The van der Waals surface area contributed by atoms with E-state index in [0.29, 0.717) is 11.6 Å². The Labute approximate surface area is 116 Å². The molecule has 1 aliphatic carbocycles. The molecule has 20 heavy (non-hydrogen) atoms. The Morgan fingerprint density at radius 2 is 1.95 bits per heavy atom. The Balaban J connectivity index is 2.04. The van der Waals surface area contributed by atoms with Crippen molar-refractivity contribution in [3.63, 3.8) is 0 Å². The summed E-state index contributed by atoms with van der Waals surface area (Å²) in [5, 5.41) is 13.4. The Morgan fingerprint density at radius 1 is 1.25 bits per heavy atom. The van der Waals surface area contributed by atoms with E-state index in [2.05, 4.69) is 17.3 Å². The van der Waals surface area contributed by atoms with Crippen LogP contribution in [-0.2, 0) is 0 Å². The standard InChI is InChI=1S/C15H15N3O2/c19-15(17-20)14-10-13(11-6-4-5-7-11)16-18(14)12-8-2-1-3-9-12/h1-5,8-11,20H,6-7H2,(H,17,19). The molecule has 0 radical (unpaired) electrons. The molecule has 1 aliphatic rings. The summed E-state index contributed by atoms with van der Waals surface area (Å²) in [4.78, 5) is 11.8. The highest BCUT2D eigenvalue weighted by molar-refractivity contribution is 5.92. The Morgan fingerprint density at radius 3 is 2.60 bits per heavy atom. The Kier molecular flexibility index (Phi) is 3.35. The third-order valence-corrected chi connectivity index (χ3v) is 3.49. The summed E-state index contributed by atoms with van der Waals surface area (Å²) in [5.74, 6) is -0.247. The number of rotatable bonds is 3. The average molecular weight is 269 g/mol. The number of nitrogens with one attached hydrogen (secondary N) is 1. The first-order chi connectivity index (χ1) is 9.79. The quantitative estimate of drug-likeness (QED) is 0.511. The number of carbonyl (C=O) groups is 1. The van der Waals surface area contributed by atoms with Crippen LogP contribution >= 0.6 is 0 Å². The van der Waals surface area contributed by atoms with Gasteiger partial charge in [-0.15, -0.1) is 0 Å². The van der Waals surface area contributed by atoms with E-state index in [0.717, 1.165) is 24.2 Å². The number of hydrogen-bond acceptors (Lipinski definition) is 3. The fraction of sp³-hybridized carbons (Fsp3) is 0.200. The van der Waals surface area contributed by atoms with Crippen molar-refractivity contribution in [2.75, 3.05) is 0 Å². The molecule has 5 heteroatoms. The molecule has 5 nitrogen and oxygen atoms in total. The second-order valence-electron chi connectivity index (χ2n) is 4.78. The number of aromatic nitrogens is 2. The fourth-order valence-corrected chi connectivity index (χ4v) is 2.44. The summed E-state index contributed by atoms with van der Waals surface area (Å²) in [6.07, 6.45) is 6.12. The van der Waals surface area contributed by atoms with Gasteiger partial charge >= 0.3 is 0 Å². The molecule has 2 aromatic rings. The van der Waals surface area contributed by atoms with Gasteiger partial charge in [0.1, 0.15) is 5.69 Å². The van der Waals surface area contributed by atoms with Crippen LogP contribution in [0.4, 0.5) is 0 Å². The predicted molar refractivity (Wildman–Crippen MR) is 73.9 cm³/mol. The van der Waals surface area contributed by atoms with E-state index in [1.807, 2.05) is 30.3 Å². The van der Waals surface area contributed by atoms with Crippen LogP contribution in [0, 0.1) is 0 Å². The number of hydroxylamine groups is 1. The van der Waals surface area contributed by atoms with Gasteiger partial charge in [-0.3, -0.25) is 10.0 Å². The molecule has 1 amide bonds. The van der Waals surface area contributed by atoms with Gasteiger partial charge < -0.3 is 0 Å². The summed E-state index contributed by atoms with van der Waals surface area (Å²) >= 11 is 0. The fourth-order valence-electron chi connectivity index (χ4n) is 2.44. The number of amides is 1. The van der Waals surface area contributed by atoms with E-state index in [4.69, 9.17) is 5.21 Å². The third-order valence-electron chi connectivity index (χ3n) is 3.49. The smallest absolute Gasteiger partial charge is 0.288 e. The molecule has 1 heterocycles. The van der Waals surface area contributed by atoms with Crippen LogP contribution in [0.25, 0.3) is 5.69 Å². The molecule has 102 valence electrons. The molecule has 0 bridgehead atoms. The number of benzene rings is 1. The minimum absolute atomic E-state index is 0.310. The van der Waals surface area contributed by atoms with Crippen molar-refractivity contribution in [1.82, 2.24) is 15.3 Å². The Bertz CT molecular complexity index is 638. The monoisotopic (exact) mass is 269 g/mol. The lowest BCUT2D eigenvalue weighted by atomic mass is 10.0. The van der Waals surface area contributed by atoms with E-state index >= 15 is 0 Å². The van der Waals surface area contributed by atoms with Gasteiger partial charge in [-0.25, -0.2) is 10.2 Å². The number of nitrogens with zero attached hydrogens (tertiary/aromatic N) is 2. The van der Waals surface area contributed by atoms with Crippen molar-refractivity contribution in [1.29, 1.82) is 0 Å². The van der Waals surface area contributed by atoms with Crippen LogP contribution < -0.4 is 5.48 Å². The first-order valence-electron chi connectivity index (χ1n) is 6.54. The third kappa shape index (κ3) is 2.23. The second-order valence-corrected chi connectivity index (χ2v) is 4.78. The van der Waals surface area contributed by atoms with Crippen molar-refractivity contribution in [3.05, 3.63) is 59.9 Å². The number of allylic oxidation sites excluding steroid dienone is 2. The van der Waals surface area contributed by atoms with E-state index in [9.17, 15) is 4.79 Å². The van der Waals surface area contributed by atoms with Crippen LogP contribution in [-0.4, -0.2) is 20.9 Å². The van der Waals surface area contributed by atoms with E-state index in [1.165, 1.54) is 0 Å². The lowest BCUT2D eigenvalue weighted by Gasteiger charge is -2.06. The predicted octanol–water partition coefficient (Wildman–Crippen LogP) is 2.42. The first kappa shape index (κ1) is 12.6. The molecule has 0 saturated heterocycles. The molecule has 0 saturated carbocycles. The second kappa shape index (κ2) is 5.30. The van der Waals surface area contributed by atoms with Crippen molar-refractivity contribution < 1.29 is 10.0 Å². The average Bonchev–Trinajstić information content (AvgIpc) is 3.16. The zero-order valence-electron chi connectivity index (χ0n) is 10.9. The minimum atomic E-state index is -0.557. The van der Waals surface area contributed by atoms with Crippen molar-refractivity contribution >= 4 is 5.91 Å². The topological polar surface area (TPSA) is 67.2 Å². The first-order valence-corrected chi connectivity index (χ1v) is 6.54. The largest absolute Gasteiger partial charge is 0.293 e. The SMILES string of the molecule is O=C(NO)c1cc(C2CC=CC2)nn1-c1ccccc1. The molecule has 0 aliphatic heterocycles. The molecular weight excluding hydrogens is 254 g/mol. The van der Waals surface area contributed by atoms with E-state index < -0.39 is 5.91 Å². The highest BCUT2D eigenvalue weighted by Crippen LogP contribution is 2.29. The zero-order valence-corrected chi connectivity index (χ0v) is 10.9. The number of hydrogen-bond donors (Lipinski definition) is 2. The zero-order chi connectivity index (χ0) is 13.9. The molecular formula is C15H15N3O2. The van der Waals surface area contributed by atoms with Gasteiger partial charge in [-0.05, 0) is 31.0 Å². The number of carbonyl (C=O) groups excluding carboxylic acids is 1. The van der Waals surface area contributed by atoms with Crippen molar-refractivity contribution in [3.8, 4) is 5.69 Å². The van der Waals surface area contributed by atoms with Gasteiger partial charge in [0.25, 0.3) is 5.91 Å². The maximum Gasteiger partial charge on any atom is 0.293 e. The summed E-state index contributed by atoms with van der Waals surface area (Å²) in [5.41, 5.74) is 3.68. The van der Waals surface area contributed by atoms with Crippen LogP contribution in [0.1, 0.15) is 34.9 Å². The van der Waals surface area contributed by atoms with Gasteiger partial charge in [0.2, 0.25) is 0 Å². The lowest BCUT2D eigenvalue weighted by Crippen LogP contribution is -2.22. The van der Waals surface area contributed by atoms with Gasteiger partial charge in [-0.1, -0.05) is 30.4 Å². The van der Waals surface area contributed by atoms with Gasteiger partial charge in [0.05, 0.1) is 11.4 Å². The summed E-state index contributed by atoms with van der Waals surface area (Å²) in [6, 6.07) is 11.2. The molecule has 0 fully saturated rings. The van der Waals surface area contributed by atoms with Crippen LogP contribution in [0.15, 0.2) is 48.6 Å².